The Balaban J connectivity index is 1.68. The molecule has 5 nitrogen and oxygen atoms in total. The normalized spacial score (nSPS) is 10.5. The van der Waals surface area contributed by atoms with Crippen LogP contribution in [-0.2, 0) is 17.8 Å². The fourth-order valence-corrected chi connectivity index (χ4v) is 2.98. The molecule has 1 N–H and O–H groups in total. The van der Waals surface area contributed by atoms with Crippen molar-refractivity contribution in [3.63, 3.8) is 0 Å². The number of allylic oxidation sites excluding steroid dienone is 1. The minimum atomic E-state index is 0.0221. The molecule has 122 valence electrons. The predicted molar refractivity (Wildman–Crippen MR) is 93.5 cm³/mol. The van der Waals surface area contributed by atoms with E-state index in [0.717, 1.165) is 23.8 Å². The number of aromatic nitrogens is 3. The molecule has 1 aromatic carbocycles. The Morgan fingerprint density at radius 2 is 2.13 bits per heavy atom. The first kappa shape index (κ1) is 17.3. The van der Waals surface area contributed by atoms with Crippen LogP contribution in [0.2, 0.25) is 0 Å². The number of nitrogens with zero attached hydrogens (tertiary/aromatic N) is 3. The van der Waals surface area contributed by atoms with Crippen LogP contribution in [0, 0.1) is 6.92 Å². The highest BCUT2D eigenvalue weighted by atomic mass is 32.2. The van der Waals surface area contributed by atoms with Gasteiger partial charge in [0.15, 0.2) is 5.16 Å². The van der Waals surface area contributed by atoms with Crippen molar-refractivity contribution < 1.29 is 4.79 Å². The Kier molecular flexibility index (Phi) is 6.87. The molecule has 1 heterocycles. The van der Waals surface area contributed by atoms with Gasteiger partial charge < -0.3 is 9.88 Å². The monoisotopic (exact) mass is 330 g/mol. The maximum absolute atomic E-state index is 11.9. The van der Waals surface area contributed by atoms with Crippen LogP contribution < -0.4 is 5.32 Å². The second kappa shape index (κ2) is 9.15. The molecule has 1 aromatic heterocycles. The number of carbonyl (C=O) groups is 1. The van der Waals surface area contributed by atoms with Crippen LogP contribution in [0.25, 0.3) is 0 Å². The van der Waals surface area contributed by atoms with Crippen LogP contribution in [-0.4, -0.2) is 33.0 Å². The van der Waals surface area contributed by atoms with E-state index in [9.17, 15) is 4.79 Å². The van der Waals surface area contributed by atoms with Crippen LogP contribution in [0.5, 0.6) is 0 Å². The summed E-state index contributed by atoms with van der Waals surface area (Å²) in [4.78, 5) is 11.9. The van der Waals surface area contributed by atoms with E-state index in [2.05, 4.69) is 34.2 Å². The zero-order chi connectivity index (χ0) is 16.5. The van der Waals surface area contributed by atoms with E-state index in [1.807, 2.05) is 29.7 Å². The summed E-state index contributed by atoms with van der Waals surface area (Å²) in [6.45, 7) is 6.96. The van der Waals surface area contributed by atoms with E-state index in [0.29, 0.717) is 18.8 Å². The molecule has 0 saturated heterocycles. The van der Waals surface area contributed by atoms with E-state index in [4.69, 9.17) is 0 Å². The van der Waals surface area contributed by atoms with Crippen molar-refractivity contribution in [2.24, 2.45) is 0 Å². The Morgan fingerprint density at radius 1 is 1.35 bits per heavy atom. The predicted octanol–water partition coefficient (Wildman–Crippen LogP) is 2.61. The number of aryl methyl sites for hydroxylation is 2. The lowest BCUT2D eigenvalue weighted by Gasteiger charge is -2.06. The van der Waals surface area contributed by atoms with Crippen LogP contribution in [0.15, 0.2) is 48.1 Å². The number of hydrogen-bond acceptors (Lipinski definition) is 4. The Morgan fingerprint density at radius 3 is 2.87 bits per heavy atom. The summed E-state index contributed by atoms with van der Waals surface area (Å²) in [5.41, 5.74) is 1.30. The second-order valence-electron chi connectivity index (χ2n) is 5.16. The van der Waals surface area contributed by atoms with Crippen molar-refractivity contribution in [1.82, 2.24) is 20.1 Å². The van der Waals surface area contributed by atoms with Crippen molar-refractivity contribution in [3.8, 4) is 0 Å². The zero-order valence-corrected chi connectivity index (χ0v) is 14.2. The Hall–Kier alpha value is -2.08. The van der Waals surface area contributed by atoms with E-state index >= 15 is 0 Å². The summed E-state index contributed by atoms with van der Waals surface area (Å²) < 4.78 is 1.94. The highest BCUT2D eigenvalue weighted by Crippen LogP contribution is 2.16. The first-order valence-electron chi connectivity index (χ1n) is 7.65. The van der Waals surface area contributed by atoms with Crippen molar-refractivity contribution in [2.75, 3.05) is 12.3 Å². The second-order valence-corrected chi connectivity index (χ2v) is 6.10. The standard InChI is InChI=1S/C17H22N4OS/c1-3-12-21-14(2)19-20-17(21)23-13-16(22)18-11-7-10-15-8-5-4-6-9-15/h3-6,8-9H,1,7,10-13H2,2H3,(H,18,22). The van der Waals surface area contributed by atoms with Crippen LogP contribution in [0.3, 0.4) is 0 Å². The molecule has 23 heavy (non-hydrogen) atoms. The van der Waals surface area contributed by atoms with Gasteiger partial charge in [-0.25, -0.2) is 0 Å². The third-order valence-corrected chi connectivity index (χ3v) is 4.32. The maximum atomic E-state index is 11.9. The van der Waals surface area contributed by atoms with Gasteiger partial charge in [-0.2, -0.15) is 0 Å². The summed E-state index contributed by atoms with van der Waals surface area (Å²) in [5, 5.41) is 11.8. The molecule has 0 aliphatic carbocycles. The first-order chi connectivity index (χ1) is 11.2. The summed E-state index contributed by atoms with van der Waals surface area (Å²) in [6, 6.07) is 10.3. The van der Waals surface area contributed by atoms with Gasteiger partial charge in [-0.3, -0.25) is 4.79 Å². The number of rotatable bonds is 9. The molecule has 2 rings (SSSR count). The van der Waals surface area contributed by atoms with Crippen molar-refractivity contribution >= 4 is 17.7 Å². The highest BCUT2D eigenvalue weighted by Gasteiger charge is 2.10. The van der Waals surface area contributed by atoms with Crippen LogP contribution in [0.4, 0.5) is 0 Å². The van der Waals surface area contributed by atoms with Crippen molar-refractivity contribution in [2.45, 2.75) is 31.5 Å². The SMILES string of the molecule is C=CCn1c(C)nnc1SCC(=O)NCCCc1ccccc1. The lowest BCUT2D eigenvalue weighted by molar-refractivity contribution is -0.118. The quantitative estimate of drug-likeness (QED) is 0.436. The number of thioether (sulfide) groups is 1. The lowest BCUT2D eigenvalue weighted by atomic mass is 10.1. The molecule has 2 aromatic rings. The molecule has 0 aliphatic rings. The number of nitrogens with one attached hydrogen (secondary N) is 1. The molecule has 0 radical (unpaired) electrons. The van der Waals surface area contributed by atoms with Gasteiger partial charge in [-0.1, -0.05) is 48.2 Å². The zero-order valence-electron chi connectivity index (χ0n) is 13.4. The van der Waals surface area contributed by atoms with Gasteiger partial charge in [0.05, 0.1) is 5.75 Å². The van der Waals surface area contributed by atoms with Crippen molar-refractivity contribution in [3.05, 3.63) is 54.4 Å². The number of hydrogen-bond donors (Lipinski definition) is 1. The van der Waals surface area contributed by atoms with Crippen LogP contribution >= 0.6 is 11.8 Å². The molecule has 6 heteroatoms. The third-order valence-electron chi connectivity index (χ3n) is 3.35. The molecule has 0 atom stereocenters. The lowest BCUT2D eigenvalue weighted by Crippen LogP contribution is -2.26. The molecule has 0 fully saturated rings. The Labute approximate surface area is 141 Å². The largest absolute Gasteiger partial charge is 0.355 e. The smallest absolute Gasteiger partial charge is 0.230 e. The first-order valence-corrected chi connectivity index (χ1v) is 8.63. The average molecular weight is 330 g/mol. The van der Waals surface area contributed by atoms with E-state index in [-0.39, 0.29) is 5.91 Å². The summed E-state index contributed by atoms with van der Waals surface area (Å²) in [5.74, 6) is 1.20. The van der Waals surface area contributed by atoms with Crippen LogP contribution in [0.1, 0.15) is 17.8 Å². The summed E-state index contributed by atoms with van der Waals surface area (Å²) >= 11 is 1.40. The number of benzene rings is 1. The number of amides is 1. The summed E-state index contributed by atoms with van der Waals surface area (Å²) in [7, 11) is 0. The van der Waals surface area contributed by atoms with E-state index < -0.39 is 0 Å². The molecule has 0 unspecified atom stereocenters. The van der Waals surface area contributed by atoms with E-state index in [1.165, 1.54) is 17.3 Å². The van der Waals surface area contributed by atoms with Gasteiger partial charge in [0.1, 0.15) is 5.82 Å². The van der Waals surface area contributed by atoms with E-state index in [1.54, 1.807) is 6.08 Å². The topological polar surface area (TPSA) is 59.8 Å². The van der Waals surface area contributed by atoms with Gasteiger partial charge in [0, 0.05) is 13.1 Å². The van der Waals surface area contributed by atoms with Gasteiger partial charge in [0.2, 0.25) is 5.91 Å². The fourth-order valence-electron chi connectivity index (χ4n) is 2.15. The number of carbonyl (C=O) groups excluding carboxylic acids is 1. The minimum absolute atomic E-state index is 0.0221. The molecule has 0 spiro atoms. The van der Waals surface area contributed by atoms with Gasteiger partial charge in [-0.15, -0.1) is 16.8 Å². The summed E-state index contributed by atoms with van der Waals surface area (Å²) in [6.07, 6.45) is 3.71. The Bertz CT molecular complexity index is 639. The fraction of sp³-hybridized carbons (Fsp3) is 0.353. The van der Waals surface area contributed by atoms with Gasteiger partial charge in [0.25, 0.3) is 0 Å². The van der Waals surface area contributed by atoms with Gasteiger partial charge >= 0.3 is 0 Å². The van der Waals surface area contributed by atoms with Gasteiger partial charge in [-0.05, 0) is 25.3 Å². The highest BCUT2D eigenvalue weighted by molar-refractivity contribution is 7.99. The third kappa shape index (κ3) is 5.56. The maximum Gasteiger partial charge on any atom is 0.230 e. The molecule has 0 saturated carbocycles. The molecular formula is C17H22N4OS. The van der Waals surface area contributed by atoms with Crippen molar-refractivity contribution in [1.29, 1.82) is 0 Å². The molecule has 0 bridgehead atoms. The average Bonchev–Trinajstić information content (AvgIpc) is 2.91. The molecule has 0 aliphatic heterocycles. The minimum Gasteiger partial charge on any atom is -0.355 e. The molecule has 1 amide bonds. The molecular weight excluding hydrogens is 308 g/mol.